The summed E-state index contributed by atoms with van der Waals surface area (Å²) >= 11 is 0. The molecule has 2 amide bonds. The first-order valence-corrected chi connectivity index (χ1v) is 43.2. The third-order valence-corrected chi connectivity index (χ3v) is 21.9. The molecule has 18 atom stereocenters. The topological polar surface area (TPSA) is 373 Å². The van der Waals surface area contributed by atoms with Crippen LogP contribution >= 0.6 is 0 Å². The van der Waals surface area contributed by atoms with Crippen LogP contribution in [0.2, 0.25) is 0 Å². The average Bonchev–Trinajstić information content (AvgIpc) is 0.754. The zero-order valence-corrected chi connectivity index (χ0v) is 66.8. The van der Waals surface area contributed by atoms with Crippen molar-refractivity contribution in [2.24, 2.45) is 0 Å². The van der Waals surface area contributed by atoms with Crippen molar-refractivity contribution in [1.29, 1.82) is 0 Å². The maximum absolute atomic E-state index is 13.5. The average molecular weight is 1530 g/mol. The Morgan fingerprint density at radius 2 is 0.879 bits per heavy atom. The number of carbonyl (C=O) groups is 3. The molecule has 0 spiro atoms. The van der Waals surface area contributed by atoms with E-state index in [2.05, 4.69) is 36.6 Å². The van der Waals surface area contributed by atoms with Gasteiger partial charge in [-0.05, 0) is 44.9 Å². The van der Waals surface area contributed by atoms with E-state index in [0.29, 0.717) is 12.8 Å². The van der Waals surface area contributed by atoms with E-state index in [-0.39, 0.29) is 12.3 Å². The van der Waals surface area contributed by atoms with Gasteiger partial charge in [0.05, 0.1) is 50.7 Å². The first-order chi connectivity index (χ1) is 51.9. The van der Waals surface area contributed by atoms with Crippen LogP contribution < -0.4 is 10.6 Å². The number of allylic oxidation sites excluding steroid dienone is 3. The van der Waals surface area contributed by atoms with E-state index < -0.39 is 155 Å². The molecule has 23 nitrogen and oxygen atoms in total. The largest absolute Gasteiger partial charge is 0.477 e. The van der Waals surface area contributed by atoms with Gasteiger partial charge in [-0.3, -0.25) is 9.59 Å². The lowest BCUT2D eigenvalue weighted by molar-refractivity contribution is -0.386. The van der Waals surface area contributed by atoms with E-state index in [1.54, 1.807) is 6.08 Å². The van der Waals surface area contributed by atoms with Gasteiger partial charge in [-0.2, -0.15) is 0 Å². The van der Waals surface area contributed by atoms with Gasteiger partial charge < -0.3 is 100 Å². The Morgan fingerprint density at radius 1 is 0.486 bits per heavy atom. The number of ether oxygens (including phenoxy) is 6. The molecule has 0 aromatic carbocycles. The molecule has 3 saturated heterocycles. The Morgan fingerprint density at radius 3 is 1.27 bits per heavy atom. The summed E-state index contributed by atoms with van der Waals surface area (Å²) in [4.78, 5) is 38.7. The number of carbonyl (C=O) groups excluding carboxylic acids is 2. The van der Waals surface area contributed by atoms with E-state index in [1.807, 2.05) is 6.08 Å². The first-order valence-electron chi connectivity index (χ1n) is 43.2. The predicted octanol–water partition coefficient (Wildman–Crippen LogP) is 12.7. The third-order valence-electron chi connectivity index (χ3n) is 21.9. The van der Waals surface area contributed by atoms with Gasteiger partial charge in [0, 0.05) is 19.8 Å². The molecule has 3 aliphatic heterocycles. The van der Waals surface area contributed by atoms with Crippen LogP contribution in [0.3, 0.4) is 0 Å². The molecule has 14 N–H and O–H groups in total. The second-order valence-electron chi connectivity index (χ2n) is 31.4. The second-order valence-corrected chi connectivity index (χ2v) is 31.4. The molecule has 628 valence electrons. The number of aliphatic carboxylic acids is 1. The van der Waals surface area contributed by atoms with Crippen LogP contribution in [0.25, 0.3) is 0 Å². The molecule has 23 heteroatoms. The molecule has 3 fully saturated rings. The molecule has 0 radical (unpaired) electrons. The lowest BCUT2D eigenvalue weighted by Crippen LogP contribution is -2.70. The summed E-state index contributed by atoms with van der Waals surface area (Å²) in [6.07, 6.45) is 42.5. The number of carboxylic acid groups (broad SMARTS) is 1. The number of carboxylic acids is 1. The number of hydrogen-bond acceptors (Lipinski definition) is 20. The van der Waals surface area contributed by atoms with Crippen molar-refractivity contribution in [3.05, 3.63) is 24.3 Å². The summed E-state index contributed by atoms with van der Waals surface area (Å²) in [5.41, 5.74) is 0. The SMILES string of the molecule is CCCCCCCCCCCCCCCC/C=C/C(O)C(COC1OC(CO)C(OC2OC(CO)C(O)C(OC3(C(=O)O)CC(O)C(NC(C)=O)C(C(O)C(O)CO)O3)C2O)C(O)C1O)NC(=O)CCCCCCCCCCCCCCCCCCC/C=C\CCCCCCCCCCCCCCCCCC. The van der Waals surface area contributed by atoms with Crippen molar-refractivity contribution in [3.63, 3.8) is 0 Å². The smallest absolute Gasteiger partial charge is 0.364 e. The van der Waals surface area contributed by atoms with Gasteiger partial charge in [0.1, 0.15) is 67.1 Å². The number of aliphatic hydroxyl groups is 11. The monoisotopic (exact) mass is 1530 g/mol. The van der Waals surface area contributed by atoms with Gasteiger partial charge in [-0.25, -0.2) is 4.79 Å². The fourth-order valence-corrected chi connectivity index (χ4v) is 15.1. The number of rotatable bonds is 69. The number of aliphatic hydroxyl groups excluding tert-OH is 11. The molecule has 18 unspecified atom stereocenters. The molecule has 0 aromatic heterocycles. The molecule has 3 aliphatic rings. The summed E-state index contributed by atoms with van der Waals surface area (Å²) < 4.78 is 34.9. The quantitative estimate of drug-likeness (QED) is 0.0199. The normalized spacial score (nSPS) is 26.1. The number of amides is 2. The van der Waals surface area contributed by atoms with Crippen LogP contribution in [-0.4, -0.2) is 215 Å². The van der Waals surface area contributed by atoms with Crippen molar-refractivity contribution in [2.75, 3.05) is 26.4 Å². The fraction of sp³-hybridized carbons (Fsp3) is 0.917. The number of nitrogens with one attached hydrogen (secondary N) is 2. The molecule has 107 heavy (non-hydrogen) atoms. The number of unbranched alkanes of at least 4 members (excludes halogenated alkanes) is 47. The van der Waals surface area contributed by atoms with Gasteiger partial charge in [0.2, 0.25) is 11.8 Å². The van der Waals surface area contributed by atoms with Crippen molar-refractivity contribution in [3.8, 4) is 0 Å². The van der Waals surface area contributed by atoms with E-state index in [0.717, 1.165) is 51.9 Å². The highest BCUT2D eigenvalue weighted by atomic mass is 16.8. The van der Waals surface area contributed by atoms with Gasteiger partial charge in [0.25, 0.3) is 5.79 Å². The standard InChI is InChI=1S/C84H156N2O21/c1-4-6-8-10-12-14-16-18-20-22-23-24-25-26-27-28-29-30-31-32-33-34-35-36-37-38-39-40-41-42-44-46-48-50-52-54-56-58-71(94)86-65(66(91)57-55-53-51-49-47-45-43-21-19-17-15-13-11-9-7-5-2)63-102-81-76(98)75(97)78(70(62-89)104-81)105-82-77(99)80(74(96)69(61-88)103-82)107-84(83(100)101)59-67(92)72(85-64(3)90)79(106-84)73(95)68(93)60-87/h30-31,55,57,65-70,72-82,87-89,91-93,95-99H,4-29,32-54,56,58-63H2,1-3H3,(H,85,90)(H,86,94)(H,100,101)/b31-30-,57-55+. The molecular weight excluding hydrogens is 1370 g/mol. The molecule has 0 aliphatic carbocycles. The first kappa shape index (κ1) is 98.4. The van der Waals surface area contributed by atoms with Crippen LogP contribution in [0, 0.1) is 0 Å². The minimum atomic E-state index is -3.08. The lowest BCUT2D eigenvalue weighted by Gasteiger charge is -2.50. The highest BCUT2D eigenvalue weighted by molar-refractivity contribution is 5.77. The summed E-state index contributed by atoms with van der Waals surface area (Å²) in [6.45, 7) is 2.19. The van der Waals surface area contributed by atoms with Crippen molar-refractivity contribution >= 4 is 17.8 Å². The van der Waals surface area contributed by atoms with Crippen molar-refractivity contribution in [2.45, 2.75) is 464 Å². The van der Waals surface area contributed by atoms with Gasteiger partial charge in [-0.15, -0.1) is 0 Å². The fourth-order valence-electron chi connectivity index (χ4n) is 15.1. The summed E-state index contributed by atoms with van der Waals surface area (Å²) in [5.74, 6) is -6.13. The Labute approximate surface area is 644 Å². The Hall–Kier alpha value is -2.79. The zero-order valence-electron chi connectivity index (χ0n) is 66.8. The Kier molecular flexibility index (Phi) is 57.6. The van der Waals surface area contributed by atoms with Gasteiger partial charge in [-0.1, -0.05) is 314 Å². The van der Waals surface area contributed by atoms with Gasteiger partial charge >= 0.3 is 5.97 Å². The van der Waals surface area contributed by atoms with Gasteiger partial charge in [0.15, 0.2) is 12.6 Å². The summed E-state index contributed by atoms with van der Waals surface area (Å²) in [7, 11) is 0. The molecule has 0 bridgehead atoms. The van der Waals surface area contributed by atoms with Crippen LogP contribution in [0.4, 0.5) is 0 Å². The minimum absolute atomic E-state index is 0.203. The second kappa shape index (κ2) is 62.6. The predicted molar refractivity (Wildman–Crippen MR) is 417 cm³/mol. The van der Waals surface area contributed by atoms with Crippen molar-refractivity contribution in [1.82, 2.24) is 10.6 Å². The van der Waals surface area contributed by atoms with E-state index in [1.165, 1.54) is 263 Å². The molecule has 3 heterocycles. The van der Waals surface area contributed by atoms with Crippen molar-refractivity contribution < 1.29 is 104 Å². The minimum Gasteiger partial charge on any atom is -0.477 e. The molecule has 0 saturated carbocycles. The summed E-state index contributed by atoms with van der Waals surface area (Å²) in [6, 6.07) is -2.62. The Bertz CT molecular complexity index is 2220. The lowest BCUT2D eigenvalue weighted by atomic mass is 9.88. The zero-order chi connectivity index (χ0) is 78.1. The van der Waals surface area contributed by atoms with E-state index >= 15 is 0 Å². The molecule has 0 aromatic rings. The molecule has 3 rings (SSSR count). The van der Waals surface area contributed by atoms with E-state index in [4.69, 9.17) is 28.4 Å². The number of hydrogen-bond donors (Lipinski definition) is 14. The maximum Gasteiger partial charge on any atom is 0.364 e. The Balaban J connectivity index is 1.42. The highest BCUT2D eigenvalue weighted by Gasteiger charge is 2.60. The third kappa shape index (κ3) is 42.2. The van der Waals surface area contributed by atoms with Crippen LogP contribution in [0.15, 0.2) is 24.3 Å². The highest BCUT2D eigenvalue weighted by Crippen LogP contribution is 2.39. The van der Waals surface area contributed by atoms with Crippen LogP contribution in [-0.2, 0) is 42.8 Å². The summed E-state index contributed by atoms with van der Waals surface area (Å²) in [5, 5.41) is 136. The molecular formula is C84H156N2O21. The maximum atomic E-state index is 13.5. The van der Waals surface area contributed by atoms with Crippen LogP contribution in [0.1, 0.15) is 355 Å². The van der Waals surface area contributed by atoms with Crippen LogP contribution in [0.5, 0.6) is 0 Å². The van der Waals surface area contributed by atoms with E-state index in [9.17, 15) is 75.7 Å².